The summed E-state index contributed by atoms with van der Waals surface area (Å²) in [5.74, 6) is 0. The van der Waals surface area contributed by atoms with Crippen LogP contribution in [0.15, 0.2) is 0 Å². The van der Waals surface area contributed by atoms with E-state index in [0.717, 1.165) is 0 Å². The van der Waals surface area contributed by atoms with E-state index < -0.39 is 7.32 Å². The molecule has 0 heterocycles. The fourth-order valence-electron chi connectivity index (χ4n) is 0. The molecule has 0 amide bonds. The summed E-state index contributed by atoms with van der Waals surface area (Å²) in [4.78, 5) is 0. The van der Waals surface area contributed by atoms with Gasteiger partial charge in [0.15, 0.2) is 0 Å². The van der Waals surface area contributed by atoms with Gasteiger partial charge in [-0.2, -0.15) is 0 Å². The van der Waals surface area contributed by atoms with Gasteiger partial charge in [-0.25, -0.2) is 0 Å². The first kappa shape index (κ1) is 80.2. The molecule has 10 heavy (non-hydrogen) atoms. The molecule has 0 fully saturated rings. The molecule has 0 unspecified atom stereocenters. The van der Waals surface area contributed by atoms with Crippen molar-refractivity contribution in [3.63, 3.8) is 0 Å². The Morgan fingerprint density at radius 3 is 0.600 bits per heavy atom. The van der Waals surface area contributed by atoms with Crippen LogP contribution >= 0.6 is 0 Å². The van der Waals surface area contributed by atoms with E-state index in [4.69, 9.17) is 15.1 Å². The molecule has 0 bridgehead atoms. The topological polar surface area (TPSA) is 218 Å². The Balaban J connectivity index is -0.00000000300. The Labute approximate surface area is 70.0 Å². The second kappa shape index (κ2) is 57.8. The Morgan fingerprint density at radius 2 is 0.600 bits per heavy atom. The molecule has 0 aliphatic rings. The Bertz CT molecular complexity index is 14.0. The SMILES string of the molecule is O.O.O.O.O.OB(O)O.[Zn]. The van der Waals surface area contributed by atoms with Gasteiger partial charge in [0.2, 0.25) is 0 Å². The van der Waals surface area contributed by atoms with Crippen molar-refractivity contribution in [3.8, 4) is 0 Å². The van der Waals surface area contributed by atoms with E-state index in [9.17, 15) is 0 Å². The molecular weight excluding hydrogens is 204 g/mol. The first-order valence-corrected chi connectivity index (χ1v) is 0.775. The van der Waals surface area contributed by atoms with Crippen molar-refractivity contribution in [1.29, 1.82) is 0 Å². The molecule has 0 atom stereocenters. The van der Waals surface area contributed by atoms with Crippen molar-refractivity contribution in [2.24, 2.45) is 0 Å². The summed E-state index contributed by atoms with van der Waals surface area (Å²) < 4.78 is 0. The molecule has 0 saturated heterocycles. The Kier molecular flexibility index (Phi) is 464. The summed E-state index contributed by atoms with van der Waals surface area (Å²) in [6, 6.07) is 0. The third-order valence-corrected chi connectivity index (χ3v) is 0. The molecule has 0 aromatic heterocycles. The van der Waals surface area contributed by atoms with Crippen molar-refractivity contribution in [2.45, 2.75) is 0 Å². The first-order valence-electron chi connectivity index (χ1n) is 0.775. The van der Waals surface area contributed by atoms with Crippen LogP contribution in [0.25, 0.3) is 0 Å². The van der Waals surface area contributed by atoms with Crippen molar-refractivity contribution >= 4 is 7.32 Å². The zero-order chi connectivity index (χ0) is 3.58. The average Bonchev–Trinajstić information content (AvgIpc) is 0.811. The molecule has 13 N–H and O–H groups in total. The van der Waals surface area contributed by atoms with Crippen LogP contribution in [0.3, 0.4) is 0 Å². The summed E-state index contributed by atoms with van der Waals surface area (Å²) in [7, 11) is -2.17. The predicted octanol–water partition coefficient (Wildman–Crippen LogP) is -6.18. The molecule has 8 nitrogen and oxygen atoms in total. The van der Waals surface area contributed by atoms with E-state index in [1.807, 2.05) is 0 Å². The van der Waals surface area contributed by atoms with E-state index >= 15 is 0 Å². The fraction of sp³-hybridized carbons (Fsp3) is 0. The van der Waals surface area contributed by atoms with Gasteiger partial charge in [-0.3, -0.25) is 0 Å². The zero-order valence-electron chi connectivity index (χ0n) is 5.13. The van der Waals surface area contributed by atoms with Gasteiger partial charge in [-0.15, -0.1) is 0 Å². The third kappa shape index (κ3) is 3350. The number of hydrogen-bond acceptors (Lipinski definition) is 3. The average molecular weight is 217 g/mol. The molecule has 10 heteroatoms. The number of hydrogen-bond donors (Lipinski definition) is 3. The van der Waals surface area contributed by atoms with Crippen LogP contribution in [0, 0.1) is 0 Å². The van der Waals surface area contributed by atoms with Crippen LogP contribution in [0.2, 0.25) is 0 Å². The van der Waals surface area contributed by atoms with Gasteiger partial charge in [0, 0.05) is 19.5 Å². The maximum absolute atomic E-state index is 7.17. The van der Waals surface area contributed by atoms with Crippen LogP contribution in [-0.4, -0.2) is 49.8 Å². The van der Waals surface area contributed by atoms with Crippen molar-refractivity contribution in [1.82, 2.24) is 0 Å². The standard InChI is InChI=1S/BH3O3.5H2O.Zn/c2-1(3)4;;;;;;/h2-4H;5*1H2;. The maximum atomic E-state index is 7.17. The predicted molar refractivity (Wildman–Crippen MR) is 30.5 cm³/mol. The summed E-state index contributed by atoms with van der Waals surface area (Å²) in [6.07, 6.45) is 0. The van der Waals surface area contributed by atoms with Crippen LogP contribution in [0.1, 0.15) is 0 Å². The van der Waals surface area contributed by atoms with E-state index in [-0.39, 0.29) is 46.9 Å². The van der Waals surface area contributed by atoms with Gasteiger partial charge < -0.3 is 42.5 Å². The minimum absolute atomic E-state index is 0. The van der Waals surface area contributed by atoms with Gasteiger partial charge in [0.25, 0.3) is 0 Å². The Hall–Kier alpha value is 0.368. The molecule has 0 spiro atoms. The molecule has 0 aliphatic carbocycles. The molecule has 66 valence electrons. The van der Waals surface area contributed by atoms with Crippen molar-refractivity contribution in [3.05, 3.63) is 0 Å². The molecule has 0 rings (SSSR count). The smallest absolute Gasteiger partial charge is 0.412 e. The second-order valence-corrected chi connectivity index (χ2v) is 0.346. The normalized spacial score (nSPS) is 2.70. The van der Waals surface area contributed by atoms with Gasteiger partial charge >= 0.3 is 7.32 Å². The van der Waals surface area contributed by atoms with Gasteiger partial charge in [0.1, 0.15) is 0 Å². The van der Waals surface area contributed by atoms with Crippen LogP contribution < -0.4 is 0 Å². The third-order valence-electron chi connectivity index (χ3n) is 0. The quantitative estimate of drug-likeness (QED) is 0.337. The molecule has 0 aromatic rings. The molecule has 0 aliphatic heterocycles. The van der Waals surface area contributed by atoms with Crippen LogP contribution in [-0.2, 0) is 19.5 Å². The number of rotatable bonds is 0. The summed E-state index contributed by atoms with van der Waals surface area (Å²) in [5.41, 5.74) is 0. The Morgan fingerprint density at radius 1 is 0.600 bits per heavy atom. The molecule has 0 radical (unpaired) electrons. The molecule has 0 saturated carbocycles. The second-order valence-electron chi connectivity index (χ2n) is 0.346. The minimum atomic E-state index is -2.17. The van der Waals surface area contributed by atoms with Crippen molar-refractivity contribution < 1.29 is 61.9 Å². The van der Waals surface area contributed by atoms with Gasteiger partial charge in [-0.05, 0) is 0 Å². The molecule has 0 aromatic carbocycles. The minimum Gasteiger partial charge on any atom is -0.412 e. The fourth-order valence-corrected chi connectivity index (χ4v) is 0. The summed E-state index contributed by atoms with van der Waals surface area (Å²) >= 11 is 0. The first-order chi connectivity index (χ1) is 1.73. The maximum Gasteiger partial charge on any atom is 0.631 e. The summed E-state index contributed by atoms with van der Waals surface area (Å²) in [5, 5.41) is 21.5. The zero-order valence-corrected chi connectivity index (χ0v) is 8.09. The van der Waals surface area contributed by atoms with Gasteiger partial charge in [0.05, 0.1) is 0 Å². The monoisotopic (exact) mass is 216 g/mol. The van der Waals surface area contributed by atoms with E-state index in [0.29, 0.717) is 0 Å². The van der Waals surface area contributed by atoms with E-state index in [1.54, 1.807) is 0 Å². The van der Waals surface area contributed by atoms with Crippen molar-refractivity contribution in [2.75, 3.05) is 0 Å². The van der Waals surface area contributed by atoms with Gasteiger partial charge in [-0.1, -0.05) is 0 Å². The van der Waals surface area contributed by atoms with E-state index in [2.05, 4.69) is 0 Å². The molecular formula is H13BO8Zn. The van der Waals surface area contributed by atoms with Crippen LogP contribution in [0.4, 0.5) is 0 Å². The van der Waals surface area contributed by atoms with Crippen LogP contribution in [0.5, 0.6) is 0 Å². The van der Waals surface area contributed by atoms with E-state index in [1.165, 1.54) is 0 Å². The largest absolute Gasteiger partial charge is 0.631 e. The summed E-state index contributed by atoms with van der Waals surface area (Å²) in [6.45, 7) is 0.